The van der Waals surface area contributed by atoms with Gasteiger partial charge < -0.3 is 0 Å². The minimum atomic E-state index is -2.74. The van der Waals surface area contributed by atoms with Crippen molar-refractivity contribution in [2.24, 2.45) is 0 Å². The van der Waals surface area contributed by atoms with E-state index in [4.69, 9.17) is 9.96 Å². The molecule has 0 rings (SSSR count). The molecule has 0 saturated carbocycles. The van der Waals surface area contributed by atoms with E-state index in [0.717, 1.165) is 0 Å². The molecule has 0 saturated heterocycles. The summed E-state index contributed by atoms with van der Waals surface area (Å²) in [5.74, 6) is 0. The Morgan fingerprint density at radius 1 is 0.818 bits per heavy atom. The van der Waals surface area contributed by atoms with Crippen molar-refractivity contribution >= 4 is 0 Å². The van der Waals surface area contributed by atoms with E-state index in [1.54, 1.807) is 0 Å². The topological polar surface area (TPSA) is 27.7 Å². The van der Waals surface area contributed by atoms with Crippen LogP contribution in [-0.4, -0.2) is 19.8 Å². The quantitative estimate of drug-likeness (QED) is 0.611. The summed E-state index contributed by atoms with van der Waals surface area (Å²) in [6, 6.07) is 0. The molecule has 0 radical (unpaired) electrons. The van der Waals surface area contributed by atoms with Crippen LogP contribution in [-0.2, 0) is 27.7 Å². The molecular formula is C7H18O3Ti. The first-order chi connectivity index (χ1) is 5.18. The summed E-state index contributed by atoms with van der Waals surface area (Å²) in [6.45, 7) is 7.91. The summed E-state index contributed by atoms with van der Waals surface area (Å²) in [4.78, 5) is 0. The maximum atomic E-state index is 5.45. The van der Waals surface area contributed by atoms with Gasteiger partial charge in [-0.15, -0.1) is 0 Å². The van der Waals surface area contributed by atoms with Crippen LogP contribution in [0.15, 0.2) is 0 Å². The molecule has 11 heavy (non-hydrogen) atoms. The molecular weight excluding hydrogens is 180 g/mol. The minimum absolute atomic E-state index is 0.677. The Bertz CT molecular complexity index is 80.7. The van der Waals surface area contributed by atoms with Crippen LogP contribution in [0.4, 0.5) is 0 Å². The fraction of sp³-hybridized carbons (Fsp3) is 1.00. The molecule has 0 aliphatic heterocycles. The predicted molar refractivity (Wildman–Crippen MR) is 40.7 cm³/mol. The van der Waals surface area contributed by atoms with E-state index in [2.05, 4.69) is 0 Å². The Morgan fingerprint density at radius 2 is 1.09 bits per heavy atom. The summed E-state index contributed by atoms with van der Waals surface area (Å²) in [5.41, 5.74) is 0. The first-order valence-electron chi connectivity index (χ1n) is 4.10. The van der Waals surface area contributed by atoms with Crippen molar-refractivity contribution < 1.29 is 27.7 Å². The second-order valence-electron chi connectivity index (χ2n) is 2.16. The summed E-state index contributed by atoms with van der Waals surface area (Å²) >= 11 is -2.74. The molecule has 0 amide bonds. The first-order valence-corrected chi connectivity index (χ1v) is 7.57. The molecule has 68 valence electrons. The van der Waals surface area contributed by atoms with E-state index in [1.807, 2.05) is 26.0 Å². The summed E-state index contributed by atoms with van der Waals surface area (Å²) in [6.07, 6.45) is 0. The molecule has 0 aliphatic carbocycles. The van der Waals surface area contributed by atoms with Gasteiger partial charge >= 0.3 is 73.5 Å². The SMILES string of the molecule is CC[O][Ti]([CH3])([O]CC)[O]CC. The van der Waals surface area contributed by atoms with E-state index in [9.17, 15) is 0 Å². The van der Waals surface area contributed by atoms with Crippen LogP contribution in [0.1, 0.15) is 20.8 Å². The van der Waals surface area contributed by atoms with E-state index < -0.39 is 17.8 Å². The van der Waals surface area contributed by atoms with Crippen LogP contribution >= 0.6 is 0 Å². The van der Waals surface area contributed by atoms with Crippen LogP contribution in [0.5, 0.6) is 0 Å². The van der Waals surface area contributed by atoms with Crippen LogP contribution in [0.2, 0.25) is 5.23 Å². The maximum absolute atomic E-state index is 5.45. The van der Waals surface area contributed by atoms with Gasteiger partial charge in [0.2, 0.25) is 0 Å². The van der Waals surface area contributed by atoms with Gasteiger partial charge in [0.15, 0.2) is 0 Å². The molecule has 3 nitrogen and oxygen atoms in total. The van der Waals surface area contributed by atoms with Crippen molar-refractivity contribution in [2.45, 2.75) is 26.0 Å². The Kier molecular flexibility index (Phi) is 6.48. The van der Waals surface area contributed by atoms with E-state index in [0.29, 0.717) is 19.8 Å². The van der Waals surface area contributed by atoms with E-state index in [1.165, 1.54) is 0 Å². The zero-order valence-electron chi connectivity index (χ0n) is 7.85. The van der Waals surface area contributed by atoms with Crippen molar-refractivity contribution in [3.63, 3.8) is 0 Å². The van der Waals surface area contributed by atoms with Crippen molar-refractivity contribution in [2.75, 3.05) is 19.8 Å². The number of hydrogen-bond acceptors (Lipinski definition) is 3. The molecule has 0 aliphatic rings. The molecule has 0 heterocycles. The van der Waals surface area contributed by atoms with Crippen LogP contribution < -0.4 is 0 Å². The average Bonchev–Trinajstić information content (AvgIpc) is 1.88. The van der Waals surface area contributed by atoms with E-state index in [-0.39, 0.29) is 0 Å². The molecule has 0 spiro atoms. The van der Waals surface area contributed by atoms with Gasteiger partial charge in [-0.05, 0) is 0 Å². The van der Waals surface area contributed by atoms with Crippen molar-refractivity contribution in [1.29, 1.82) is 0 Å². The van der Waals surface area contributed by atoms with Gasteiger partial charge in [0, 0.05) is 0 Å². The van der Waals surface area contributed by atoms with Crippen LogP contribution in [0.3, 0.4) is 0 Å². The van der Waals surface area contributed by atoms with Crippen molar-refractivity contribution in [1.82, 2.24) is 0 Å². The van der Waals surface area contributed by atoms with Crippen LogP contribution in [0.25, 0.3) is 0 Å². The molecule has 0 aromatic carbocycles. The van der Waals surface area contributed by atoms with Crippen molar-refractivity contribution in [3.8, 4) is 0 Å². The second kappa shape index (κ2) is 6.15. The zero-order chi connectivity index (χ0) is 8.74. The molecule has 4 heteroatoms. The van der Waals surface area contributed by atoms with Gasteiger partial charge in [0.1, 0.15) is 0 Å². The molecule has 0 aromatic rings. The Morgan fingerprint density at radius 3 is 1.27 bits per heavy atom. The van der Waals surface area contributed by atoms with Gasteiger partial charge in [-0.1, -0.05) is 0 Å². The van der Waals surface area contributed by atoms with Gasteiger partial charge in [-0.3, -0.25) is 0 Å². The third kappa shape index (κ3) is 4.93. The molecule has 0 unspecified atom stereocenters. The van der Waals surface area contributed by atoms with Gasteiger partial charge in [-0.25, -0.2) is 0 Å². The molecule has 0 fully saturated rings. The third-order valence-corrected chi connectivity index (χ3v) is 5.03. The second-order valence-corrected chi connectivity index (χ2v) is 6.21. The Labute approximate surface area is 73.8 Å². The molecule has 0 N–H and O–H groups in total. The van der Waals surface area contributed by atoms with Gasteiger partial charge in [-0.2, -0.15) is 0 Å². The standard InChI is InChI=1S/3C2H5O.CH3.Ti/c3*1-2-3;;/h3*2H2,1H3;1H3;/q3*-1;;+3. The van der Waals surface area contributed by atoms with E-state index >= 15 is 0 Å². The number of rotatable bonds is 6. The molecule has 0 bridgehead atoms. The number of hydrogen-bond donors (Lipinski definition) is 0. The normalized spacial score (nSPS) is 12.0. The predicted octanol–water partition coefficient (Wildman–Crippen LogP) is 2.04. The van der Waals surface area contributed by atoms with Crippen molar-refractivity contribution in [3.05, 3.63) is 0 Å². The fourth-order valence-corrected chi connectivity index (χ4v) is 3.76. The fourth-order valence-electron chi connectivity index (χ4n) is 0.912. The summed E-state index contributed by atoms with van der Waals surface area (Å²) in [7, 11) is 0. The molecule has 0 aromatic heterocycles. The molecule has 0 atom stereocenters. The Hall–Kier alpha value is 0.594. The Balaban J connectivity index is 3.79. The third-order valence-electron chi connectivity index (χ3n) is 1.22. The van der Waals surface area contributed by atoms with Crippen LogP contribution in [0, 0.1) is 0 Å². The average molecular weight is 198 g/mol. The zero-order valence-corrected chi connectivity index (χ0v) is 9.41. The monoisotopic (exact) mass is 198 g/mol. The summed E-state index contributed by atoms with van der Waals surface area (Å²) in [5, 5.41) is 1.97. The first kappa shape index (κ1) is 11.6. The van der Waals surface area contributed by atoms with Gasteiger partial charge in [0.25, 0.3) is 0 Å². The summed E-state index contributed by atoms with van der Waals surface area (Å²) < 4.78 is 16.4. The van der Waals surface area contributed by atoms with Gasteiger partial charge in [0.05, 0.1) is 0 Å².